The van der Waals surface area contributed by atoms with Crippen molar-refractivity contribution in [1.29, 1.82) is 0 Å². The lowest BCUT2D eigenvalue weighted by atomic mass is 9.59. The molecule has 1 saturated heterocycles. The fourth-order valence-corrected chi connectivity index (χ4v) is 6.20. The molecule has 8 heteroatoms. The number of hydrogen-bond donors (Lipinski definition) is 2. The number of fused-ring (bicyclic) bond motifs is 2. The number of amides is 2. The molecule has 2 amide bonds. The Bertz CT molecular complexity index is 1280. The number of nitrogens with one attached hydrogen (secondary N) is 2. The molecule has 0 radical (unpaired) electrons. The van der Waals surface area contributed by atoms with Gasteiger partial charge in [0.05, 0.1) is 6.04 Å². The van der Waals surface area contributed by atoms with Crippen LogP contribution in [0.4, 0.5) is 5.69 Å². The Morgan fingerprint density at radius 1 is 0.906 bits per heavy atom. The van der Waals surface area contributed by atoms with Crippen molar-refractivity contribution in [1.82, 2.24) is 5.32 Å². The van der Waals surface area contributed by atoms with Crippen LogP contribution in [0.15, 0.2) is 60.7 Å². The summed E-state index contributed by atoms with van der Waals surface area (Å²) in [5.74, 6) is -0.783. The highest BCUT2D eigenvalue weighted by Crippen LogP contribution is 2.58. The summed E-state index contributed by atoms with van der Waals surface area (Å²) in [6.45, 7) is 0. The van der Waals surface area contributed by atoms with Crippen molar-refractivity contribution >= 4 is 74.9 Å². The molecular weight excluding hydrogens is 582 g/mol. The topological polar surface area (TPSA) is 58.2 Å². The van der Waals surface area contributed by atoms with Crippen LogP contribution in [0.2, 0.25) is 15.1 Å². The Morgan fingerprint density at radius 2 is 1.62 bits per heavy atom. The molecule has 1 fully saturated rings. The molecule has 2 N–H and O–H groups in total. The summed E-state index contributed by atoms with van der Waals surface area (Å²) in [4.78, 5) is 26.9. The SMILES string of the molecule is O=C1C[C@@H](c2cccc(Cl)c2)[C@]2(C(=O)Nc3cc(Cl)ccc32)[C@H](c2cc(Cl)ccc2I)N1. The Morgan fingerprint density at radius 3 is 2.41 bits per heavy atom. The first-order chi connectivity index (χ1) is 15.3. The number of halogens is 4. The second-order valence-electron chi connectivity index (χ2n) is 7.99. The van der Waals surface area contributed by atoms with E-state index in [4.69, 9.17) is 34.8 Å². The lowest BCUT2D eigenvalue weighted by Gasteiger charge is -2.46. The quantitative estimate of drug-likeness (QED) is 0.332. The Kier molecular flexibility index (Phi) is 5.64. The van der Waals surface area contributed by atoms with Crippen molar-refractivity contribution in [2.75, 3.05) is 5.32 Å². The van der Waals surface area contributed by atoms with E-state index in [1.54, 1.807) is 24.3 Å². The molecule has 32 heavy (non-hydrogen) atoms. The van der Waals surface area contributed by atoms with Gasteiger partial charge < -0.3 is 10.6 Å². The van der Waals surface area contributed by atoms with Crippen LogP contribution in [0.3, 0.4) is 0 Å². The molecular formula is C24H16Cl3IN2O2. The molecule has 5 rings (SSSR count). The monoisotopic (exact) mass is 596 g/mol. The van der Waals surface area contributed by atoms with Crippen molar-refractivity contribution in [3.05, 3.63) is 96.0 Å². The van der Waals surface area contributed by atoms with E-state index in [1.165, 1.54) is 0 Å². The summed E-state index contributed by atoms with van der Waals surface area (Å²) in [5.41, 5.74) is 1.94. The number of piperidine rings is 1. The second-order valence-corrected chi connectivity index (χ2v) is 10.5. The van der Waals surface area contributed by atoms with Gasteiger partial charge in [-0.05, 0) is 81.7 Å². The third-order valence-electron chi connectivity index (χ3n) is 6.27. The summed E-state index contributed by atoms with van der Waals surface area (Å²) < 4.78 is 0.902. The van der Waals surface area contributed by atoms with Crippen LogP contribution in [0.5, 0.6) is 0 Å². The molecule has 0 saturated carbocycles. The number of hydrogen-bond acceptors (Lipinski definition) is 2. The van der Waals surface area contributed by atoms with Crippen molar-refractivity contribution in [3.63, 3.8) is 0 Å². The normalized spacial score (nSPS) is 24.2. The Labute approximate surface area is 213 Å². The third-order valence-corrected chi connectivity index (χ3v) is 7.96. The minimum absolute atomic E-state index is 0.142. The zero-order valence-corrected chi connectivity index (χ0v) is 20.9. The smallest absolute Gasteiger partial charge is 0.238 e. The predicted molar refractivity (Wildman–Crippen MR) is 136 cm³/mol. The standard InChI is InChI=1S/C24H16Cl3IN2O2/c25-13-3-1-2-12(8-13)18-11-21(31)30-22(16-9-14(26)5-7-19(16)28)24(18)17-6-4-15(27)10-20(17)29-23(24)32/h1-10,18,22H,11H2,(H,29,32)(H,30,31)/t18-,22-,24-/m0/s1. The van der Waals surface area contributed by atoms with Gasteiger partial charge in [0.2, 0.25) is 11.8 Å². The van der Waals surface area contributed by atoms with Gasteiger partial charge in [0.25, 0.3) is 0 Å². The van der Waals surface area contributed by atoms with Crippen LogP contribution in [-0.2, 0) is 15.0 Å². The van der Waals surface area contributed by atoms with E-state index in [2.05, 4.69) is 33.2 Å². The van der Waals surface area contributed by atoms with Crippen LogP contribution in [0.25, 0.3) is 0 Å². The molecule has 4 nitrogen and oxygen atoms in total. The zero-order valence-electron chi connectivity index (χ0n) is 16.5. The summed E-state index contributed by atoms with van der Waals surface area (Å²) >= 11 is 21.1. The van der Waals surface area contributed by atoms with E-state index in [0.29, 0.717) is 20.8 Å². The molecule has 2 heterocycles. The maximum atomic E-state index is 13.9. The molecule has 2 aliphatic rings. The number of carbonyl (C=O) groups excluding carboxylic acids is 2. The second kappa shape index (κ2) is 8.20. The minimum atomic E-state index is -1.11. The van der Waals surface area contributed by atoms with Gasteiger partial charge in [-0.3, -0.25) is 9.59 Å². The van der Waals surface area contributed by atoms with Crippen molar-refractivity contribution in [2.24, 2.45) is 0 Å². The Balaban J connectivity index is 1.83. The van der Waals surface area contributed by atoms with Crippen LogP contribution >= 0.6 is 57.4 Å². The molecule has 3 atom stereocenters. The maximum absolute atomic E-state index is 13.9. The number of benzene rings is 3. The van der Waals surface area contributed by atoms with E-state index in [1.807, 2.05) is 36.4 Å². The fourth-order valence-electron chi connectivity index (χ4n) is 5.01. The van der Waals surface area contributed by atoms with E-state index >= 15 is 0 Å². The lowest BCUT2D eigenvalue weighted by Crippen LogP contribution is -2.57. The zero-order chi connectivity index (χ0) is 22.6. The summed E-state index contributed by atoms with van der Waals surface area (Å²) in [7, 11) is 0. The third kappa shape index (κ3) is 3.41. The Hall–Kier alpha value is -1.80. The van der Waals surface area contributed by atoms with Gasteiger partial charge in [-0.25, -0.2) is 0 Å². The summed E-state index contributed by atoms with van der Waals surface area (Å²) in [5, 5.41) is 7.73. The summed E-state index contributed by atoms with van der Waals surface area (Å²) in [6.07, 6.45) is 0.142. The van der Waals surface area contributed by atoms with Crippen LogP contribution in [-0.4, -0.2) is 11.8 Å². The molecule has 0 aromatic heterocycles. The van der Waals surface area contributed by atoms with E-state index in [0.717, 1.165) is 20.3 Å². The molecule has 0 unspecified atom stereocenters. The molecule has 2 aliphatic heterocycles. The number of rotatable bonds is 2. The van der Waals surface area contributed by atoms with Gasteiger partial charge in [-0.2, -0.15) is 0 Å². The molecule has 0 bridgehead atoms. The first-order valence-corrected chi connectivity index (χ1v) is 12.1. The molecule has 3 aromatic carbocycles. The highest BCUT2D eigenvalue weighted by molar-refractivity contribution is 14.1. The van der Waals surface area contributed by atoms with Gasteiger partial charge in [0, 0.05) is 36.7 Å². The van der Waals surface area contributed by atoms with E-state index < -0.39 is 17.4 Å². The van der Waals surface area contributed by atoms with Gasteiger partial charge >= 0.3 is 0 Å². The average molecular weight is 598 g/mol. The lowest BCUT2D eigenvalue weighted by molar-refractivity contribution is -0.131. The van der Waals surface area contributed by atoms with E-state index in [9.17, 15) is 9.59 Å². The highest BCUT2D eigenvalue weighted by Gasteiger charge is 2.61. The van der Waals surface area contributed by atoms with Gasteiger partial charge in [-0.1, -0.05) is 53.0 Å². The minimum Gasteiger partial charge on any atom is -0.348 e. The predicted octanol–water partition coefficient (Wildman–Crippen LogP) is 6.49. The van der Waals surface area contributed by atoms with Gasteiger partial charge in [-0.15, -0.1) is 0 Å². The number of carbonyl (C=O) groups is 2. The van der Waals surface area contributed by atoms with Crippen LogP contribution in [0.1, 0.15) is 35.1 Å². The van der Waals surface area contributed by atoms with Gasteiger partial charge in [0.15, 0.2) is 0 Å². The number of anilines is 1. The maximum Gasteiger partial charge on any atom is 0.238 e. The first-order valence-electron chi connectivity index (χ1n) is 9.92. The van der Waals surface area contributed by atoms with E-state index in [-0.39, 0.29) is 18.2 Å². The molecule has 162 valence electrons. The van der Waals surface area contributed by atoms with Crippen molar-refractivity contribution in [2.45, 2.75) is 23.8 Å². The molecule has 0 aliphatic carbocycles. The molecule has 3 aromatic rings. The summed E-state index contributed by atoms with van der Waals surface area (Å²) in [6, 6.07) is 17.6. The molecule has 1 spiro atoms. The van der Waals surface area contributed by atoms with Crippen molar-refractivity contribution in [3.8, 4) is 0 Å². The van der Waals surface area contributed by atoms with Gasteiger partial charge in [0.1, 0.15) is 5.41 Å². The average Bonchev–Trinajstić information content (AvgIpc) is 3.02. The highest BCUT2D eigenvalue weighted by atomic mass is 127. The first kappa shape index (κ1) is 22.0. The fraction of sp³-hybridized carbons (Fsp3) is 0.167. The van der Waals surface area contributed by atoms with Crippen molar-refractivity contribution < 1.29 is 9.59 Å². The van der Waals surface area contributed by atoms with Crippen LogP contribution in [0, 0.1) is 3.57 Å². The largest absolute Gasteiger partial charge is 0.348 e. The van der Waals surface area contributed by atoms with Crippen LogP contribution < -0.4 is 10.6 Å².